The Morgan fingerprint density at radius 2 is 1.92 bits per heavy atom. The number of anilines is 2. The van der Waals surface area contributed by atoms with E-state index in [0.29, 0.717) is 33.6 Å². The molecule has 0 radical (unpaired) electrons. The SMILES string of the molecule is COc1ccc(-c2nnc(Nc3nc4c(F)cccc4s3)o2)cc1OC. The molecule has 0 unspecified atom stereocenters. The molecule has 132 valence electrons. The van der Waals surface area contributed by atoms with Crippen LogP contribution in [-0.2, 0) is 0 Å². The van der Waals surface area contributed by atoms with Crippen molar-refractivity contribution in [3.8, 4) is 23.0 Å². The number of halogens is 1. The number of nitrogens with one attached hydrogen (secondary N) is 1. The van der Waals surface area contributed by atoms with Crippen molar-refractivity contribution in [2.24, 2.45) is 0 Å². The summed E-state index contributed by atoms with van der Waals surface area (Å²) in [5.41, 5.74) is 0.984. The van der Waals surface area contributed by atoms with Gasteiger partial charge in [0.2, 0.25) is 5.89 Å². The Labute approximate surface area is 151 Å². The number of benzene rings is 2. The molecule has 0 saturated heterocycles. The third-order valence-corrected chi connectivity index (χ3v) is 4.58. The van der Waals surface area contributed by atoms with Crippen LogP contribution in [0.1, 0.15) is 0 Å². The van der Waals surface area contributed by atoms with Crippen molar-refractivity contribution in [2.45, 2.75) is 0 Å². The van der Waals surface area contributed by atoms with E-state index >= 15 is 0 Å². The molecular formula is C17H13FN4O3S. The van der Waals surface area contributed by atoms with Gasteiger partial charge in [0, 0.05) is 5.56 Å². The number of fused-ring (bicyclic) bond motifs is 1. The zero-order valence-electron chi connectivity index (χ0n) is 13.8. The van der Waals surface area contributed by atoms with Gasteiger partial charge in [0.05, 0.1) is 18.9 Å². The average molecular weight is 372 g/mol. The van der Waals surface area contributed by atoms with Crippen LogP contribution >= 0.6 is 11.3 Å². The number of ether oxygens (including phenoxy) is 2. The molecule has 2 aromatic carbocycles. The van der Waals surface area contributed by atoms with E-state index in [9.17, 15) is 4.39 Å². The van der Waals surface area contributed by atoms with Gasteiger partial charge in [-0.1, -0.05) is 22.5 Å². The van der Waals surface area contributed by atoms with E-state index < -0.39 is 0 Å². The second-order valence-corrected chi connectivity index (χ2v) is 6.24. The maximum absolute atomic E-state index is 13.7. The third-order valence-electron chi connectivity index (χ3n) is 3.64. The average Bonchev–Trinajstić information content (AvgIpc) is 3.29. The van der Waals surface area contributed by atoms with Gasteiger partial charge in [0.1, 0.15) is 11.3 Å². The smallest absolute Gasteiger partial charge is 0.322 e. The lowest BCUT2D eigenvalue weighted by Gasteiger charge is -2.07. The van der Waals surface area contributed by atoms with Gasteiger partial charge in [-0.2, -0.15) is 0 Å². The zero-order valence-corrected chi connectivity index (χ0v) is 14.6. The Balaban J connectivity index is 1.60. The van der Waals surface area contributed by atoms with Crippen LogP contribution in [0.25, 0.3) is 21.7 Å². The molecule has 0 bridgehead atoms. The first-order chi connectivity index (χ1) is 12.7. The Hall–Kier alpha value is -3.20. The molecule has 26 heavy (non-hydrogen) atoms. The van der Waals surface area contributed by atoms with Gasteiger partial charge in [-0.3, -0.25) is 5.32 Å². The number of methoxy groups -OCH3 is 2. The van der Waals surface area contributed by atoms with Crippen molar-refractivity contribution in [2.75, 3.05) is 19.5 Å². The molecule has 0 fully saturated rings. The van der Waals surface area contributed by atoms with Crippen molar-refractivity contribution in [3.63, 3.8) is 0 Å². The zero-order chi connectivity index (χ0) is 18.1. The highest BCUT2D eigenvalue weighted by atomic mass is 32.1. The topological polar surface area (TPSA) is 82.3 Å². The molecule has 2 aromatic heterocycles. The molecular weight excluding hydrogens is 359 g/mol. The van der Waals surface area contributed by atoms with Crippen LogP contribution in [0, 0.1) is 5.82 Å². The fourth-order valence-corrected chi connectivity index (χ4v) is 3.29. The highest BCUT2D eigenvalue weighted by Gasteiger charge is 2.14. The Morgan fingerprint density at radius 3 is 2.69 bits per heavy atom. The van der Waals surface area contributed by atoms with Crippen molar-refractivity contribution in [1.29, 1.82) is 0 Å². The molecule has 0 aliphatic carbocycles. The predicted molar refractivity (Wildman–Crippen MR) is 95.7 cm³/mol. The second-order valence-electron chi connectivity index (χ2n) is 5.21. The van der Waals surface area contributed by atoms with E-state index in [1.807, 2.05) is 0 Å². The second kappa shape index (κ2) is 6.60. The summed E-state index contributed by atoms with van der Waals surface area (Å²) in [7, 11) is 3.11. The van der Waals surface area contributed by atoms with Crippen molar-refractivity contribution in [3.05, 3.63) is 42.2 Å². The predicted octanol–water partition coefficient (Wildman–Crippen LogP) is 4.25. The maximum Gasteiger partial charge on any atom is 0.322 e. The van der Waals surface area contributed by atoms with E-state index in [2.05, 4.69) is 20.5 Å². The van der Waals surface area contributed by atoms with E-state index in [1.165, 1.54) is 17.4 Å². The van der Waals surface area contributed by atoms with E-state index in [4.69, 9.17) is 13.9 Å². The summed E-state index contributed by atoms with van der Waals surface area (Å²) in [5.74, 6) is 1.09. The number of thiazole rings is 1. The van der Waals surface area contributed by atoms with Gasteiger partial charge in [-0.25, -0.2) is 9.37 Å². The molecule has 7 nitrogen and oxygen atoms in total. The summed E-state index contributed by atoms with van der Waals surface area (Å²) >= 11 is 1.30. The van der Waals surface area contributed by atoms with Crippen LogP contribution in [-0.4, -0.2) is 29.4 Å². The fourth-order valence-electron chi connectivity index (χ4n) is 2.42. The molecule has 0 atom stereocenters. The third kappa shape index (κ3) is 2.93. The van der Waals surface area contributed by atoms with Gasteiger partial charge in [0.15, 0.2) is 16.6 Å². The molecule has 4 rings (SSSR count). The number of para-hydroxylation sites is 1. The highest BCUT2D eigenvalue weighted by Crippen LogP contribution is 2.33. The van der Waals surface area contributed by atoms with Crippen LogP contribution in [0.15, 0.2) is 40.8 Å². The first-order valence-corrected chi connectivity index (χ1v) is 8.37. The van der Waals surface area contributed by atoms with Crippen LogP contribution in [0.4, 0.5) is 15.5 Å². The fraction of sp³-hybridized carbons (Fsp3) is 0.118. The molecule has 0 aliphatic heterocycles. The van der Waals surface area contributed by atoms with Gasteiger partial charge < -0.3 is 13.9 Å². The normalized spacial score (nSPS) is 10.9. The van der Waals surface area contributed by atoms with Gasteiger partial charge in [-0.15, -0.1) is 5.10 Å². The summed E-state index contributed by atoms with van der Waals surface area (Å²) in [6, 6.07) is 10.2. The lowest BCUT2D eigenvalue weighted by molar-refractivity contribution is 0.355. The van der Waals surface area contributed by atoms with Crippen LogP contribution < -0.4 is 14.8 Å². The summed E-state index contributed by atoms with van der Waals surface area (Å²) in [6.45, 7) is 0. The summed E-state index contributed by atoms with van der Waals surface area (Å²) < 4.78 is 30.6. The largest absolute Gasteiger partial charge is 0.493 e. The summed E-state index contributed by atoms with van der Waals surface area (Å²) in [4.78, 5) is 4.21. The minimum Gasteiger partial charge on any atom is -0.493 e. The van der Waals surface area contributed by atoms with Gasteiger partial charge >= 0.3 is 6.01 Å². The molecule has 4 aromatic rings. The lowest BCUT2D eigenvalue weighted by atomic mass is 10.2. The highest BCUT2D eigenvalue weighted by molar-refractivity contribution is 7.22. The number of hydrogen-bond donors (Lipinski definition) is 1. The molecule has 0 spiro atoms. The number of nitrogens with zero attached hydrogens (tertiary/aromatic N) is 3. The summed E-state index contributed by atoms with van der Waals surface area (Å²) in [6.07, 6.45) is 0. The maximum atomic E-state index is 13.7. The Bertz CT molecular complexity index is 1080. The minimum absolute atomic E-state index is 0.161. The lowest BCUT2D eigenvalue weighted by Crippen LogP contribution is -1.90. The summed E-state index contributed by atoms with van der Waals surface area (Å²) in [5, 5.41) is 11.3. The Kier molecular flexibility index (Phi) is 4.13. The number of hydrogen-bond acceptors (Lipinski definition) is 8. The van der Waals surface area contributed by atoms with E-state index in [0.717, 1.165) is 4.70 Å². The van der Waals surface area contributed by atoms with Crippen molar-refractivity contribution in [1.82, 2.24) is 15.2 Å². The monoisotopic (exact) mass is 372 g/mol. The molecule has 0 saturated carbocycles. The number of aromatic nitrogens is 3. The van der Waals surface area contributed by atoms with Crippen molar-refractivity contribution < 1.29 is 18.3 Å². The van der Waals surface area contributed by atoms with E-state index in [-0.39, 0.29) is 11.8 Å². The van der Waals surface area contributed by atoms with Crippen LogP contribution in [0.3, 0.4) is 0 Å². The quantitative estimate of drug-likeness (QED) is 0.561. The first kappa shape index (κ1) is 16.3. The standard InChI is InChI=1S/C17H13FN4O3S/c1-23-11-7-6-9(8-12(11)24-2)15-21-22-16(25-15)20-17-19-14-10(18)4-3-5-13(14)26-17/h3-8H,1-2H3,(H,19,20,22). The number of rotatable bonds is 5. The van der Waals surface area contributed by atoms with Crippen LogP contribution in [0.2, 0.25) is 0 Å². The molecule has 2 heterocycles. The van der Waals surface area contributed by atoms with Gasteiger partial charge in [-0.05, 0) is 30.3 Å². The molecule has 0 aliphatic rings. The minimum atomic E-state index is -0.372. The van der Waals surface area contributed by atoms with Crippen molar-refractivity contribution >= 4 is 32.7 Å². The molecule has 0 amide bonds. The van der Waals surface area contributed by atoms with Crippen LogP contribution in [0.5, 0.6) is 11.5 Å². The van der Waals surface area contributed by atoms with E-state index in [1.54, 1.807) is 44.6 Å². The first-order valence-electron chi connectivity index (χ1n) is 7.56. The van der Waals surface area contributed by atoms with Gasteiger partial charge in [0.25, 0.3) is 0 Å². The molecule has 1 N–H and O–H groups in total. The molecule has 9 heteroatoms. The Morgan fingerprint density at radius 1 is 1.08 bits per heavy atom.